The molecule has 0 aromatic heterocycles. The molecular weight excluding hydrogens is 250 g/mol. The molecule has 0 aliphatic heterocycles. The molecule has 88 valence electrons. The fourth-order valence-electron chi connectivity index (χ4n) is 1.08. The number of benzene rings is 1. The Labute approximate surface area is 89.8 Å². The zero-order valence-electron chi connectivity index (χ0n) is 7.68. The molecule has 1 aromatic carbocycles. The summed E-state index contributed by atoms with van der Waals surface area (Å²) in [7, 11) is 1.12. The van der Waals surface area contributed by atoms with Crippen molar-refractivity contribution in [3.05, 3.63) is 34.9 Å². The molecule has 0 heterocycles. The van der Waals surface area contributed by atoms with Gasteiger partial charge in [0.1, 0.15) is 6.29 Å². The minimum atomic E-state index is -4.76. The Hall–Kier alpha value is -1.03. The van der Waals surface area contributed by atoms with Crippen molar-refractivity contribution in [3.63, 3.8) is 0 Å². The van der Waals surface area contributed by atoms with Gasteiger partial charge in [-0.15, -0.1) is 0 Å². The summed E-state index contributed by atoms with van der Waals surface area (Å²) >= 11 is 0. The van der Waals surface area contributed by atoms with E-state index >= 15 is 0 Å². The molecule has 7 heteroatoms. The molecule has 1 nitrogen and oxygen atoms in total. The van der Waals surface area contributed by atoms with Crippen LogP contribution in [-0.2, 0) is 11.8 Å². The summed E-state index contributed by atoms with van der Waals surface area (Å²) < 4.78 is 62.6. The Morgan fingerprint density at radius 1 is 1.00 bits per heavy atom. The van der Waals surface area contributed by atoms with E-state index in [1.807, 2.05) is 0 Å². The van der Waals surface area contributed by atoms with Crippen molar-refractivity contribution in [2.45, 2.75) is 11.8 Å². The van der Waals surface area contributed by atoms with Gasteiger partial charge in [-0.1, -0.05) is 9.24 Å². The van der Waals surface area contributed by atoms with Crippen LogP contribution < -0.4 is 0 Å². The number of carbonyl (C=O) groups is 1. The second-order valence-electron chi connectivity index (χ2n) is 3.08. The van der Waals surface area contributed by atoms with Crippen LogP contribution in [0.3, 0.4) is 0 Å². The molecule has 1 atom stereocenters. The molecule has 0 spiro atoms. The standard InChI is InChI=1S/C9H6F5OP/c10-8(11,12)6-1-5(4-15)2-7(3-6)9(13,14)16/h1-4H,16H2. The van der Waals surface area contributed by atoms with Gasteiger partial charge in [0.05, 0.1) is 5.56 Å². The first kappa shape index (κ1) is 13.0. The number of hydrogen-bond acceptors (Lipinski definition) is 1. The number of carbonyl (C=O) groups excluding carboxylic acids is 1. The summed E-state index contributed by atoms with van der Waals surface area (Å²) in [6.45, 7) is 0. The van der Waals surface area contributed by atoms with Crippen LogP contribution in [0.2, 0.25) is 0 Å². The van der Waals surface area contributed by atoms with E-state index in [0.717, 1.165) is 15.3 Å². The summed E-state index contributed by atoms with van der Waals surface area (Å²) in [6, 6.07) is 1.56. The third-order valence-corrected chi connectivity index (χ3v) is 2.14. The summed E-state index contributed by atoms with van der Waals surface area (Å²) in [5.74, 6) is 0. The Balaban J connectivity index is 3.39. The maximum absolute atomic E-state index is 12.8. The fraction of sp³-hybridized carbons (Fsp3) is 0.222. The van der Waals surface area contributed by atoms with Gasteiger partial charge in [-0.3, -0.25) is 4.79 Å². The van der Waals surface area contributed by atoms with Crippen molar-refractivity contribution in [3.8, 4) is 0 Å². The third-order valence-electron chi connectivity index (χ3n) is 1.80. The first-order valence-electron chi connectivity index (χ1n) is 3.99. The second kappa shape index (κ2) is 4.09. The minimum Gasteiger partial charge on any atom is -0.298 e. The van der Waals surface area contributed by atoms with Gasteiger partial charge in [-0.2, -0.15) is 22.0 Å². The number of halogens is 5. The predicted octanol–water partition coefficient (Wildman–Crippen LogP) is 3.44. The Kier molecular flexibility index (Phi) is 3.33. The molecule has 0 radical (unpaired) electrons. The van der Waals surface area contributed by atoms with Gasteiger partial charge in [-0.25, -0.2) is 0 Å². The van der Waals surface area contributed by atoms with E-state index in [-0.39, 0.29) is 6.29 Å². The van der Waals surface area contributed by atoms with E-state index < -0.39 is 28.5 Å². The lowest BCUT2D eigenvalue weighted by Crippen LogP contribution is -2.10. The zero-order valence-corrected chi connectivity index (χ0v) is 8.84. The lowest BCUT2D eigenvalue weighted by atomic mass is 10.1. The maximum atomic E-state index is 12.8. The van der Waals surface area contributed by atoms with Crippen LogP contribution >= 0.6 is 9.24 Å². The highest BCUT2D eigenvalue weighted by molar-refractivity contribution is 7.17. The summed E-state index contributed by atoms with van der Waals surface area (Å²) in [6.07, 6.45) is -4.67. The molecule has 0 amide bonds. The number of hydrogen-bond donors (Lipinski definition) is 0. The lowest BCUT2D eigenvalue weighted by molar-refractivity contribution is -0.137. The molecule has 1 unspecified atom stereocenters. The highest BCUT2D eigenvalue weighted by Crippen LogP contribution is 2.38. The third kappa shape index (κ3) is 2.98. The molecule has 0 aliphatic rings. The zero-order chi connectivity index (χ0) is 12.6. The van der Waals surface area contributed by atoms with Crippen LogP contribution in [0.15, 0.2) is 18.2 Å². The largest absolute Gasteiger partial charge is 0.416 e. The highest BCUT2D eigenvalue weighted by atomic mass is 31.0. The first-order chi connectivity index (χ1) is 7.14. The summed E-state index contributed by atoms with van der Waals surface area (Å²) in [4.78, 5) is 10.3. The Morgan fingerprint density at radius 2 is 1.50 bits per heavy atom. The van der Waals surface area contributed by atoms with Crippen molar-refractivity contribution in [1.82, 2.24) is 0 Å². The first-order valence-corrected chi connectivity index (χ1v) is 4.57. The quantitative estimate of drug-likeness (QED) is 0.450. The van der Waals surface area contributed by atoms with Crippen LogP contribution in [0.4, 0.5) is 22.0 Å². The average Bonchev–Trinajstić information content (AvgIpc) is 2.14. The van der Waals surface area contributed by atoms with Crippen LogP contribution in [0.1, 0.15) is 21.5 Å². The van der Waals surface area contributed by atoms with E-state index in [4.69, 9.17) is 0 Å². The number of aldehydes is 1. The van der Waals surface area contributed by atoms with E-state index in [1.165, 1.54) is 0 Å². The van der Waals surface area contributed by atoms with Gasteiger partial charge >= 0.3 is 6.18 Å². The molecule has 1 rings (SSSR count). The highest BCUT2D eigenvalue weighted by Gasteiger charge is 2.34. The topological polar surface area (TPSA) is 17.1 Å². The average molecular weight is 256 g/mol. The van der Waals surface area contributed by atoms with E-state index in [2.05, 4.69) is 0 Å². The monoisotopic (exact) mass is 256 g/mol. The Morgan fingerprint density at radius 3 is 1.88 bits per heavy atom. The molecule has 0 bridgehead atoms. The van der Waals surface area contributed by atoms with Crippen LogP contribution in [-0.4, -0.2) is 6.29 Å². The molecule has 0 saturated carbocycles. The second-order valence-corrected chi connectivity index (χ2v) is 3.81. The van der Waals surface area contributed by atoms with E-state index in [0.29, 0.717) is 12.1 Å². The Bertz CT molecular complexity index is 375. The van der Waals surface area contributed by atoms with E-state index in [1.54, 1.807) is 0 Å². The van der Waals surface area contributed by atoms with Gasteiger partial charge < -0.3 is 0 Å². The minimum absolute atomic E-state index is 0.0924. The molecule has 0 aliphatic carbocycles. The van der Waals surface area contributed by atoms with Crippen LogP contribution in [0.25, 0.3) is 0 Å². The van der Waals surface area contributed by atoms with Crippen molar-refractivity contribution < 1.29 is 26.7 Å². The normalized spacial score (nSPS) is 12.6. The molecule has 0 fully saturated rings. The van der Waals surface area contributed by atoms with Crippen molar-refractivity contribution in [2.24, 2.45) is 0 Å². The van der Waals surface area contributed by atoms with Crippen molar-refractivity contribution in [1.29, 1.82) is 0 Å². The summed E-state index contributed by atoms with van der Waals surface area (Å²) in [5.41, 5.74) is -6.07. The fourth-order valence-corrected chi connectivity index (χ4v) is 1.24. The number of rotatable bonds is 2. The maximum Gasteiger partial charge on any atom is 0.416 e. The van der Waals surface area contributed by atoms with Crippen molar-refractivity contribution in [2.75, 3.05) is 0 Å². The molecule has 16 heavy (non-hydrogen) atoms. The molecule has 0 saturated heterocycles. The van der Waals surface area contributed by atoms with Crippen molar-refractivity contribution >= 4 is 15.5 Å². The number of alkyl halides is 5. The van der Waals surface area contributed by atoms with E-state index in [9.17, 15) is 26.7 Å². The van der Waals surface area contributed by atoms with Crippen LogP contribution in [0.5, 0.6) is 0 Å². The van der Waals surface area contributed by atoms with Gasteiger partial charge in [0, 0.05) is 11.1 Å². The van der Waals surface area contributed by atoms with Crippen LogP contribution in [0, 0.1) is 0 Å². The van der Waals surface area contributed by atoms with Gasteiger partial charge in [-0.05, 0) is 18.2 Å². The molecule has 0 N–H and O–H groups in total. The van der Waals surface area contributed by atoms with Gasteiger partial charge in [0.15, 0.2) is 0 Å². The molecular formula is C9H6F5OP. The summed E-state index contributed by atoms with van der Waals surface area (Å²) in [5, 5.41) is 0. The van der Waals surface area contributed by atoms with Gasteiger partial charge in [0.2, 0.25) is 0 Å². The lowest BCUT2D eigenvalue weighted by Gasteiger charge is -2.14. The molecule has 1 aromatic rings. The predicted molar refractivity (Wildman–Crippen MR) is 50.4 cm³/mol. The SMILES string of the molecule is O=Cc1cc(C(F)(F)F)cc(C(F)(F)P)c1. The smallest absolute Gasteiger partial charge is 0.298 e. The van der Waals surface area contributed by atoms with Gasteiger partial charge in [0.25, 0.3) is 5.66 Å².